The second-order valence-corrected chi connectivity index (χ2v) is 9.70. The van der Waals surface area contributed by atoms with E-state index in [-0.39, 0.29) is 11.8 Å². The van der Waals surface area contributed by atoms with Crippen LogP contribution in [0.1, 0.15) is 38.7 Å². The Balaban J connectivity index is 1.51. The van der Waals surface area contributed by atoms with E-state index in [1.165, 1.54) is 6.42 Å². The second kappa shape index (κ2) is 11.3. The van der Waals surface area contributed by atoms with Gasteiger partial charge in [0.05, 0.1) is 19.3 Å². The zero-order valence-corrected chi connectivity index (χ0v) is 20.3. The van der Waals surface area contributed by atoms with Crippen molar-refractivity contribution in [1.82, 2.24) is 20.7 Å². The predicted molar refractivity (Wildman–Crippen MR) is 132 cm³/mol. The van der Waals surface area contributed by atoms with Gasteiger partial charge in [-0.15, -0.1) is 0 Å². The van der Waals surface area contributed by atoms with Gasteiger partial charge in [0, 0.05) is 24.8 Å². The number of aliphatic hydroxyl groups excluding tert-OH is 1. The number of nitrogens with zero attached hydrogens (tertiary/aromatic N) is 3. The zero-order chi connectivity index (χ0) is 24.1. The van der Waals surface area contributed by atoms with Gasteiger partial charge in [-0.3, -0.25) is 15.1 Å². The van der Waals surface area contributed by atoms with Crippen molar-refractivity contribution in [3.63, 3.8) is 0 Å². The third-order valence-corrected chi connectivity index (χ3v) is 6.89. The normalized spacial score (nSPS) is 22.5. The van der Waals surface area contributed by atoms with Crippen molar-refractivity contribution < 1.29 is 14.7 Å². The van der Waals surface area contributed by atoms with Gasteiger partial charge in [-0.1, -0.05) is 50.2 Å². The zero-order valence-electron chi connectivity index (χ0n) is 20.3. The van der Waals surface area contributed by atoms with E-state index in [4.69, 9.17) is 4.84 Å². The summed E-state index contributed by atoms with van der Waals surface area (Å²) in [4.78, 5) is 23.6. The summed E-state index contributed by atoms with van der Waals surface area (Å²) < 4.78 is 0. The van der Waals surface area contributed by atoms with Gasteiger partial charge in [0.25, 0.3) is 0 Å². The number of β-amino-alcohol motifs (C(OH)–C–C–N with tert-alkyl or cyclic N) is 1. The standard InChI is InChI=1S/C26H37N5O3/c1-18(2)25(31(34-3)24-11-7-8-14-27-24)26(33)28-22(15-19-9-5-4-6-10-19)23(32)17-30-21-13-12-20(16-21)29-30/h4-11,14,18,20-23,25,29,32H,12-13,15-17H2,1-3H3,(H,28,33)/t20?,21?,22-,23?,25-/m0/s1. The van der Waals surface area contributed by atoms with E-state index in [1.54, 1.807) is 18.4 Å². The van der Waals surface area contributed by atoms with Crippen molar-refractivity contribution >= 4 is 11.7 Å². The average Bonchev–Trinajstić information content (AvgIpc) is 3.46. The molecule has 2 fully saturated rings. The lowest BCUT2D eigenvalue weighted by atomic mass is 9.98. The highest BCUT2D eigenvalue weighted by molar-refractivity contribution is 5.85. The average molecular weight is 468 g/mol. The number of aromatic nitrogens is 1. The molecule has 0 spiro atoms. The first-order chi connectivity index (χ1) is 16.5. The van der Waals surface area contributed by atoms with Crippen LogP contribution in [0.5, 0.6) is 0 Å². The number of carbonyl (C=O) groups excluding carboxylic acids is 1. The maximum absolute atomic E-state index is 13.6. The molecule has 3 unspecified atom stereocenters. The number of benzene rings is 1. The number of amides is 1. The van der Waals surface area contributed by atoms with E-state index in [0.29, 0.717) is 30.9 Å². The third-order valence-electron chi connectivity index (χ3n) is 6.89. The molecule has 1 aromatic heterocycles. The van der Waals surface area contributed by atoms with E-state index in [2.05, 4.69) is 20.7 Å². The van der Waals surface area contributed by atoms with E-state index < -0.39 is 18.2 Å². The molecule has 1 amide bonds. The molecule has 2 aliphatic rings. The summed E-state index contributed by atoms with van der Waals surface area (Å²) in [6, 6.07) is 15.4. The molecule has 5 atom stereocenters. The molecule has 2 heterocycles. The fourth-order valence-electron chi connectivity index (χ4n) is 5.16. The number of rotatable bonds is 11. The van der Waals surface area contributed by atoms with E-state index in [1.807, 2.05) is 62.4 Å². The fraction of sp³-hybridized carbons (Fsp3) is 0.538. The lowest BCUT2D eigenvalue weighted by Crippen LogP contribution is -2.58. The molecule has 8 heteroatoms. The number of nitrogens with one attached hydrogen (secondary N) is 2. The van der Waals surface area contributed by atoms with Crippen LogP contribution in [0.4, 0.5) is 5.82 Å². The molecular formula is C26H37N5O3. The molecule has 1 saturated carbocycles. The highest BCUT2D eigenvalue weighted by Crippen LogP contribution is 2.30. The first-order valence-electron chi connectivity index (χ1n) is 12.3. The topological polar surface area (TPSA) is 90.0 Å². The highest BCUT2D eigenvalue weighted by atomic mass is 16.7. The van der Waals surface area contributed by atoms with Gasteiger partial charge in [-0.2, -0.15) is 0 Å². The summed E-state index contributed by atoms with van der Waals surface area (Å²) in [5.41, 5.74) is 4.57. The number of hydroxylamine groups is 1. The number of anilines is 1. The molecular weight excluding hydrogens is 430 g/mol. The maximum Gasteiger partial charge on any atom is 0.245 e. The summed E-state index contributed by atoms with van der Waals surface area (Å²) in [6.07, 6.45) is 4.96. The largest absolute Gasteiger partial charge is 0.390 e. The van der Waals surface area contributed by atoms with Crippen molar-refractivity contribution in [2.24, 2.45) is 5.92 Å². The summed E-state index contributed by atoms with van der Waals surface area (Å²) in [7, 11) is 1.54. The molecule has 1 aromatic carbocycles. The van der Waals surface area contributed by atoms with Crippen LogP contribution in [0.25, 0.3) is 0 Å². The molecule has 184 valence electrons. The Morgan fingerprint density at radius 2 is 2.00 bits per heavy atom. The number of pyridine rings is 1. The van der Waals surface area contributed by atoms with Gasteiger partial charge in [0.2, 0.25) is 5.91 Å². The minimum atomic E-state index is -0.727. The summed E-state index contributed by atoms with van der Waals surface area (Å²) in [5.74, 6) is 0.321. The Kier molecular flexibility index (Phi) is 8.15. The lowest BCUT2D eigenvalue weighted by Gasteiger charge is -2.35. The van der Waals surface area contributed by atoms with Crippen LogP contribution in [0.2, 0.25) is 0 Å². The Labute approximate surface area is 202 Å². The minimum Gasteiger partial charge on any atom is -0.390 e. The fourth-order valence-corrected chi connectivity index (χ4v) is 5.16. The quantitative estimate of drug-likeness (QED) is 0.437. The summed E-state index contributed by atoms with van der Waals surface area (Å²) >= 11 is 0. The lowest BCUT2D eigenvalue weighted by molar-refractivity contribution is -0.127. The van der Waals surface area contributed by atoms with Gasteiger partial charge < -0.3 is 10.4 Å². The minimum absolute atomic E-state index is 0.0487. The predicted octanol–water partition coefficient (Wildman–Crippen LogP) is 2.30. The Morgan fingerprint density at radius 1 is 1.24 bits per heavy atom. The van der Waals surface area contributed by atoms with Crippen LogP contribution in [0.3, 0.4) is 0 Å². The Hall–Kier alpha value is -2.52. The molecule has 0 radical (unpaired) electrons. The first-order valence-corrected chi connectivity index (χ1v) is 12.3. The molecule has 3 N–H and O–H groups in total. The molecule has 1 aliphatic carbocycles. The number of hydrogen-bond acceptors (Lipinski definition) is 7. The van der Waals surface area contributed by atoms with Crippen LogP contribution in [0.15, 0.2) is 54.7 Å². The van der Waals surface area contributed by atoms with Crippen LogP contribution < -0.4 is 15.8 Å². The van der Waals surface area contributed by atoms with Crippen LogP contribution in [-0.4, -0.2) is 64.9 Å². The highest BCUT2D eigenvalue weighted by Gasteiger charge is 2.40. The molecule has 1 saturated heterocycles. The molecule has 34 heavy (non-hydrogen) atoms. The Morgan fingerprint density at radius 3 is 2.59 bits per heavy atom. The van der Waals surface area contributed by atoms with Crippen molar-refractivity contribution in [2.75, 3.05) is 18.7 Å². The number of hydrazine groups is 1. The van der Waals surface area contributed by atoms with Gasteiger partial charge in [0.15, 0.2) is 5.82 Å². The summed E-state index contributed by atoms with van der Waals surface area (Å²) in [5, 5.41) is 18.2. The summed E-state index contributed by atoms with van der Waals surface area (Å²) in [6.45, 7) is 4.43. The molecule has 1 aliphatic heterocycles. The van der Waals surface area contributed by atoms with Crippen molar-refractivity contribution in [3.05, 3.63) is 60.3 Å². The monoisotopic (exact) mass is 467 g/mol. The van der Waals surface area contributed by atoms with E-state index >= 15 is 0 Å². The smallest absolute Gasteiger partial charge is 0.245 e. The van der Waals surface area contributed by atoms with Crippen LogP contribution in [0, 0.1) is 5.92 Å². The van der Waals surface area contributed by atoms with Crippen molar-refractivity contribution in [1.29, 1.82) is 0 Å². The van der Waals surface area contributed by atoms with Gasteiger partial charge in [-0.05, 0) is 49.3 Å². The van der Waals surface area contributed by atoms with E-state index in [0.717, 1.165) is 18.4 Å². The molecule has 8 nitrogen and oxygen atoms in total. The van der Waals surface area contributed by atoms with Crippen molar-refractivity contribution in [2.45, 2.75) is 69.8 Å². The maximum atomic E-state index is 13.6. The van der Waals surface area contributed by atoms with Crippen molar-refractivity contribution in [3.8, 4) is 0 Å². The molecule has 4 rings (SSSR count). The number of fused-ring (bicyclic) bond motifs is 2. The van der Waals surface area contributed by atoms with Crippen LogP contribution >= 0.6 is 0 Å². The number of carbonyl (C=O) groups is 1. The third kappa shape index (κ3) is 5.75. The number of hydrogen-bond donors (Lipinski definition) is 3. The first kappa shape index (κ1) is 24.6. The number of aliphatic hydroxyl groups is 1. The molecule has 2 bridgehead atoms. The van der Waals surface area contributed by atoms with Gasteiger partial charge in [-0.25, -0.2) is 15.1 Å². The van der Waals surface area contributed by atoms with Gasteiger partial charge >= 0.3 is 0 Å². The molecule has 2 aromatic rings. The Bertz CT molecular complexity index is 913. The van der Waals surface area contributed by atoms with Crippen LogP contribution in [-0.2, 0) is 16.1 Å². The SMILES string of the molecule is CON(c1ccccn1)[C@H](C(=O)N[C@@H](Cc1ccccc1)C(O)CN1NC2CCC1C2)C(C)C. The second-order valence-electron chi connectivity index (χ2n) is 9.70. The van der Waals surface area contributed by atoms with Gasteiger partial charge in [0.1, 0.15) is 6.04 Å². The van der Waals surface area contributed by atoms with E-state index in [9.17, 15) is 9.90 Å².